The monoisotopic (exact) mass is 978 g/mol. The predicted molar refractivity (Wildman–Crippen MR) is 216 cm³/mol. The number of methoxy groups -OCH3 is 2. The zero-order chi connectivity index (χ0) is 51.2. The number of pyridine rings is 2. The van der Waals surface area contributed by atoms with Crippen molar-refractivity contribution in [3.8, 4) is 11.5 Å². The smallest absolute Gasteiger partial charge is 0.417 e. The van der Waals surface area contributed by atoms with E-state index in [0.29, 0.717) is 12.1 Å². The second kappa shape index (κ2) is 19.2. The summed E-state index contributed by atoms with van der Waals surface area (Å²) >= 11 is 0. The van der Waals surface area contributed by atoms with E-state index >= 15 is 0 Å². The molecule has 2 aromatic heterocycles. The molecule has 4 amide bonds. The minimum atomic E-state index is -4.95. The van der Waals surface area contributed by atoms with Crippen LogP contribution in [0.2, 0.25) is 0 Å². The molecule has 2 aliphatic heterocycles. The topological polar surface area (TPSA) is 207 Å². The van der Waals surface area contributed by atoms with Crippen molar-refractivity contribution in [1.29, 1.82) is 0 Å². The summed E-state index contributed by atoms with van der Waals surface area (Å²) in [6, 6.07) is 6.44. The first-order valence-corrected chi connectivity index (χ1v) is 19.8. The van der Waals surface area contributed by atoms with E-state index in [1.54, 1.807) is 0 Å². The number of nitrogens with two attached hydrogens (primary N) is 2. The zero-order valence-corrected chi connectivity index (χ0v) is 36.6. The summed E-state index contributed by atoms with van der Waals surface area (Å²) in [6.07, 6.45) is -12.3. The predicted octanol–water partition coefficient (Wildman–Crippen LogP) is 7.54. The van der Waals surface area contributed by atoms with Gasteiger partial charge in [0, 0.05) is 64.0 Å². The number of nitrogens with one attached hydrogen (secondary N) is 2. The Kier molecular flexibility index (Phi) is 14.8. The standard InChI is InChI=1S/C22H22F5N3O4.C21H19F6N3O4/c1-9-13(7-8-29-16(9)19(28)31)30-20(32)18-14(10(2)21(3,34-18)22(25,26)27)11-5-6-12(23)15(24)17(11)33-4;1-8-14(10-4-5-11(22)15(24)16(10)33-3)17(34-20(8,2)21(25,26)27)19(32)29-9-6-12(18(28)31)30-13(23)7-9/h5-8,10,14,18H,1-4H3,(H2,28,31)(H,29,30,32);4-8,14,17H,1-3H3,(H2,28,31)(H,29,30,32)/t10-,14-,18+,21+;8-,14-,17+,20+/m00/s1. The molecular weight excluding hydrogens is 937 g/mol. The molecule has 2 aliphatic rings. The normalized spacial score (nSPS) is 24.7. The third-order valence-electron chi connectivity index (χ3n) is 12.2. The fourth-order valence-electron chi connectivity index (χ4n) is 8.11. The maximum Gasteiger partial charge on any atom is 0.417 e. The number of benzene rings is 2. The molecule has 368 valence electrons. The van der Waals surface area contributed by atoms with Gasteiger partial charge in [-0.3, -0.25) is 24.2 Å². The van der Waals surface area contributed by atoms with Gasteiger partial charge < -0.3 is 41.0 Å². The lowest BCUT2D eigenvalue weighted by Crippen LogP contribution is -2.47. The number of halogens is 11. The van der Waals surface area contributed by atoms with Crippen molar-refractivity contribution in [2.24, 2.45) is 23.3 Å². The Morgan fingerprint density at radius 2 is 1.13 bits per heavy atom. The minimum absolute atomic E-state index is 0.0710. The Balaban J connectivity index is 0.000000254. The highest BCUT2D eigenvalue weighted by Crippen LogP contribution is 2.56. The Morgan fingerprint density at radius 3 is 1.53 bits per heavy atom. The second-order valence-electron chi connectivity index (χ2n) is 16.0. The molecule has 0 bridgehead atoms. The molecule has 25 heteroatoms. The van der Waals surface area contributed by atoms with Crippen molar-refractivity contribution in [3.05, 3.63) is 106 Å². The Hall–Kier alpha value is -6.63. The molecule has 14 nitrogen and oxygen atoms in total. The number of hydrogen-bond donors (Lipinski definition) is 4. The number of rotatable bonds is 10. The van der Waals surface area contributed by atoms with E-state index in [2.05, 4.69) is 20.6 Å². The fraction of sp³-hybridized carbons (Fsp3) is 0.395. The number of carbonyl (C=O) groups excluding carboxylic acids is 4. The van der Waals surface area contributed by atoms with Crippen LogP contribution in [0.1, 0.15) is 77.2 Å². The molecule has 6 N–H and O–H groups in total. The van der Waals surface area contributed by atoms with Gasteiger partial charge in [0.1, 0.15) is 23.6 Å². The summed E-state index contributed by atoms with van der Waals surface area (Å²) in [4.78, 5) is 56.1. The van der Waals surface area contributed by atoms with Gasteiger partial charge >= 0.3 is 12.4 Å². The van der Waals surface area contributed by atoms with Gasteiger partial charge in [0.25, 0.3) is 23.6 Å². The largest absolute Gasteiger partial charge is 0.493 e. The first kappa shape index (κ1) is 52.3. The van der Waals surface area contributed by atoms with E-state index in [-0.39, 0.29) is 33.8 Å². The van der Waals surface area contributed by atoms with Crippen LogP contribution in [-0.2, 0) is 19.1 Å². The van der Waals surface area contributed by atoms with Crippen LogP contribution in [-0.4, -0.2) is 83.6 Å². The van der Waals surface area contributed by atoms with Crippen LogP contribution in [0, 0.1) is 48.0 Å². The lowest BCUT2D eigenvalue weighted by atomic mass is 9.77. The average molecular weight is 979 g/mol. The first-order valence-electron chi connectivity index (χ1n) is 19.8. The maximum atomic E-state index is 14.4. The number of hydrogen-bond acceptors (Lipinski definition) is 10. The summed E-state index contributed by atoms with van der Waals surface area (Å²) in [5.41, 5.74) is 3.49. The molecule has 0 unspecified atom stereocenters. The molecule has 0 aliphatic carbocycles. The summed E-state index contributed by atoms with van der Waals surface area (Å²) in [5, 5.41) is 4.60. The molecule has 4 aromatic rings. The third kappa shape index (κ3) is 9.57. The number of nitrogens with zero attached hydrogens (tertiary/aromatic N) is 2. The number of alkyl halides is 6. The molecule has 68 heavy (non-hydrogen) atoms. The van der Waals surface area contributed by atoms with E-state index in [9.17, 15) is 67.5 Å². The summed E-state index contributed by atoms with van der Waals surface area (Å²) < 4.78 is 174. The van der Waals surface area contributed by atoms with Gasteiger partial charge in [0.2, 0.25) is 17.6 Å². The summed E-state index contributed by atoms with van der Waals surface area (Å²) in [6.45, 7) is 5.30. The molecule has 2 saturated heterocycles. The van der Waals surface area contributed by atoms with Crippen molar-refractivity contribution >= 4 is 35.0 Å². The molecule has 2 aromatic carbocycles. The van der Waals surface area contributed by atoms with Crippen molar-refractivity contribution < 1.29 is 86.4 Å². The highest BCUT2D eigenvalue weighted by molar-refractivity contribution is 5.99. The van der Waals surface area contributed by atoms with E-state index < -0.39 is 129 Å². The molecule has 6 rings (SSSR count). The van der Waals surface area contributed by atoms with Crippen LogP contribution in [0.15, 0.2) is 48.7 Å². The number of anilines is 2. The van der Waals surface area contributed by atoms with E-state index in [4.69, 9.17) is 30.4 Å². The van der Waals surface area contributed by atoms with Gasteiger partial charge in [0.05, 0.1) is 14.2 Å². The lowest BCUT2D eigenvalue weighted by molar-refractivity contribution is -0.272. The van der Waals surface area contributed by atoms with Crippen molar-refractivity contribution in [2.75, 3.05) is 24.9 Å². The van der Waals surface area contributed by atoms with Crippen molar-refractivity contribution in [3.63, 3.8) is 0 Å². The Bertz CT molecular complexity index is 2640. The van der Waals surface area contributed by atoms with Gasteiger partial charge in [0.15, 0.2) is 34.3 Å². The summed E-state index contributed by atoms with van der Waals surface area (Å²) in [7, 11) is 2.02. The SMILES string of the molecule is COc1c([C@H]2[C@H](C(=O)Nc3cc(F)nc(C(N)=O)c3)O[C@@](C)(C(F)(F)F)[C@H]2C)ccc(F)c1F.COc1c([C@H]2[C@H](C(=O)Nc3ccnc(C(N)=O)c3C)O[C@@](C)(C(F)(F)F)[C@H]2C)ccc(F)c1F. The van der Waals surface area contributed by atoms with Gasteiger partial charge in [-0.25, -0.2) is 13.8 Å². The summed E-state index contributed by atoms with van der Waals surface area (Å²) in [5.74, 6) is -17.8. The molecule has 0 radical (unpaired) electrons. The quantitative estimate of drug-likeness (QED) is 0.0907. The number of primary amides is 2. The van der Waals surface area contributed by atoms with Crippen LogP contribution in [0.25, 0.3) is 0 Å². The third-order valence-corrected chi connectivity index (χ3v) is 12.2. The van der Waals surface area contributed by atoms with Crippen LogP contribution >= 0.6 is 0 Å². The van der Waals surface area contributed by atoms with E-state index in [1.165, 1.54) is 26.1 Å². The van der Waals surface area contributed by atoms with E-state index in [1.807, 2.05) is 0 Å². The Labute approximate surface area is 378 Å². The average Bonchev–Trinajstić information content (AvgIpc) is 3.69. The van der Waals surface area contributed by atoms with Crippen LogP contribution in [0.3, 0.4) is 0 Å². The highest BCUT2D eigenvalue weighted by atomic mass is 19.4. The first-order chi connectivity index (χ1) is 31.4. The number of amides is 4. The van der Waals surface area contributed by atoms with Crippen molar-refractivity contribution in [1.82, 2.24) is 9.97 Å². The Morgan fingerprint density at radius 1 is 0.691 bits per heavy atom. The highest BCUT2D eigenvalue weighted by Gasteiger charge is 2.67. The molecule has 0 spiro atoms. The molecular formula is C43H41F11N6O8. The van der Waals surface area contributed by atoms with Gasteiger partial charge in [-0.15, -0.1) is 0 Å². The maximum absolute atomic E-state index is 14.4. The van der Waals surface area contributed by atoms with E-state index in [0.717, 1.165) is 59.3 Å². The fourth-order valence-corrected chi connectivity index (χ4v) is 8.11. The van der Waals surface area contributed by atoms with Crippen LogP contribution in [0.4, 0.5) is 59.7 Å². The van der Waals surface area contributed by atoms with Crippen LogP contribution < -0.4 is 31.6 Å². The number of aromatic nitrogens is 2. The molecule has 2 fully saturated rings. The molecule has 8 atom stereocenters. The van der Waals surface area contributed by atoms with Crippen LogP contribution in [0.5, 0.6) is 11.5 Å². The zero-order valence-electron chi connectivity index (χ0n) is 36.6. The second-order valence-corrected chi connectivity index (χ2v) is 16.0. The number of ether oxygens (including phenoxy) is 4. The van der Waals surface area contributed by atoms with Gasteiger partial charge in [-0.2, -0.15) is 39.5 Å². The molecule has 0 saturated carbocycles. The van der Waals surface area contributed by atoms with Gasteiger partial charge in [-0.05, 0) is 45.0 Å². The molecule has 4 heterocycles. The minimum Gasteiger partial charge on any atom is -0.493 e. The van der Waals surface area contributed by atoms with Crippen molar-refractivity contribution in [2.45, 2.75) is 82.2 Å². The van der Waals surface area contributed by atoms with Gasteiger partial charge in [-0.1, -0.05) is 26.0 Å². The lowest BCUT2D eigenvalue weighted by Gasteiger charge is -2.32. The number of carbonyl (C=O) groups is 4.